The van der Waals surface area contributed by atoms with Gasteiger partial charge in [-0.05, 0) is 0 Å². The van der Waals surface area contributed by atoms with E-state index in [1.54, 1.807) is 37.3 Å². The minimum atomic E-state index is 0.145. The number of methoxy groups -OCH3 is 2. The summed E-state index contributed by atoms with van der Waals surface area (Å²) >= 11 is 0. The van der Waals surface area contributed by atoms with Gasteiger partial charge in [0, 0.05) is 38.0 Å². The van der Waals surface area contributed by atoms with Crippen molar-refractivity contribution in [2.24, 2.45) is 0 Å². The number of nitrogens with zero attached hydrogens (tertiary/aromatic N) is 4. The van der Waals surface area contributed by atoms with Gasteiger partial charge in [-0.2, -0.15) is 15.0 Å². The van der Waals surface area contributed by atoms with Gasteiger partial charge in [-0.3, -0.25) is 0 Å². The number of rotatable bonds is 5. The van der Waals surface area contributed by atoms with Crippen LogP contribution in [0.5, 0.6) is 11.5 Å². The van der Waals surface area contributed by atoms with Gasteiger partial charge in [0.25, 0.3) is 0 Å². The first-order chi connectivity index (χ1) is 10.0. The predicted octanol–water partition coefficient (Wildman–Crippen LogP) is 1.28. The smallest absolute Gasteiger partial charge is 0.233 e. The Balaban J connectivity index is 2.33. The second kappa shape index (κ2) is 6.12. The summed E-state index contributed by atoms with van der Waals surface area (Å²) in [5.74, 6) is 2.28. The molecule has 2 aromatic rings. The Morgan fingerprint density at radius 1 is 1.00 bits per heavy atom. The molecule has 0 saturated carbocycles. The summed E-state index contributed by atoms with van der Waals surface area (Å²) < 4.78 is 10.4. The minimum absolute atomic E-state index is 0.145. The van der Waals surface area contributed by atoms with Crippen molar-refractivity contribution >= 4 is 23.5 Å². The van der Waals surface area contributed by atoms with Gasteiger partial charge in [-0.15, -0.1) is 0 Å². The van der Waals surface area contributed by atoms with E-state index in [0.717, 1.165) is 5.69 Å². The number of hydrogen-bond acceptors (Lipinski definition) is 8. The van der Waals surface area contributed by atoms with Crippen LogP contribution in [0.3, 0.4) is 0 Å². The summed E-state index contributed by atoms with van der Waals surface area (Å²) in [5.41, 5.74) is 6.41. The number of aromatic nitrogens is 3. The number of nitrogens with two attached hydrogens (primary N) is 1. The molecule has 3 N–H and O–H groups in total. The van der Waals surface area contributed by atoms with Gasteiger partial charge in [-0.1, -0.05) is 0 Å². The van der Waals surface area contributed by atoms with Gasteiger partial charge in [0.1, 0.15) is 11.5 Å². The maximum absolute atomic E-state index is 5.68. The lowest BCUT2D eigenvalue weighted by Gasteiger charge is -2.13. The highest BCUT2D eigenvalue weighted by atomic mass is 16.5. The van der Waals surface area contributed by atoms with Crippen molar-refractivity contribution in [1.29, 1.82) is 0 Å². The molecule has 0 saturated heterocycles. The second-order valence-electron chi connectivity index (χ2n) is 4.44. The van der Waals surface area contributed by atoms with Crippen molar-refractivity contribution in [3.05, 3.63) is 18.2 Å². The van der Waals surface area contributed by atoms with Crippen molar-refractivity contribution in [3.8, 4) is 11.5 Å². The van der Waals surface area contributed by atoms with Crippen LogP contribution >= 0.6 is 0 Å². The molecule has 8 nitrogen and oxygen atoms in total. The van der Waals surface area contributed by atoms with E-state index in [1.165, 1.54) is 0 Å². The van der Waals surface area contributed by atoms with Crippen LogP contribution < -0.4 is 25.4 Å². The lowest BCUT2D eigenvalue weighted by Crippen LogP contribution is -2.15. The van der Waals surface area contributed by atoms with E-state index in [-0.39, 0.29) is 5.95 Å². The van der Waals surface area contributed by atoms with Crippen molar-refractivity contribution in [1.82, 2.24) is 15.0 Å². The lowest BCUT2D eigenvalue weighted by molar-refractivity contribution is 0.395. The zero-order valence-electron chi connectivity index (χ0n) is 12.4. The fraction of sp³-hybridized carbons (Fsp3) is 0.308. The first kappa shape index (κ1) is 14.6. The second-order valence-corrected chi connectivity index (χ2v) is 4.44. The molecule has 8 heteroatoms. The first-order valence-corrected chi connectivity index (χ1v) is 6.21. The fourth-order valence-electron chi connectivity index (χ4n) is 1.65. The normalized spacial score (nSPS) is 10.1. The summed E-state index contributed by atoms with van der Waals surface area (Å²) in [5, 5.41) is 3.06. The van der Waals surface area contributed by atoms with Gasteiger partial charge < -0.3 is 25.4 Å². The van der Waals surface area contributed by atoms with Crippen LogP contribution in [0.4, 0.5) is 23.5 Å². The van der Waals surface area contributed by atoms with E-state index >= 15 is 0 Å². The molecule has 0 amide bonds. The zero-order valence-corrected chi connectivity index (χ0v) is 12.4. The van der Waals surface area contributed by atoms with Crippen molar-refractivity contribution in [3.63, 3.8) is 0 Å². The monoisotopic (exact) mass is 290 g/mol. The minimum Gasteiger partial charge on any atom is -0.497 e. The van der Waals surface area contributed by atoms with E-state index in [9.17, 15) is 0 Å². The third-order valence-electron chi connectivity index (χ3n) is 2.65. The summed E-state index contributed by atoms with van der Waals surface area (Å²) in [7, 11) is 6.83. The quantitative estimate of drug-likeness (QED) is 0.849. The van der Waals surface area contributed by atoms with E-state index in [2.05, 4.69) is 20.3 Å². The summed E-state index contributed by atoms with van der Waals surface area (Å²) in [6.07, 6.45) is 0. The van der Waals surface area contributed by atoms with Gasteiger partial charge in [-0.25, -0.2) is 0 Å². The van der Waals surface area contributed by atoms with Crippen LogP contribution in [-0.2, 0) is 0 Å². The lowest BCUT2D eigenvalue weighted by atomic mass is 10.3. The number of hydrogen-bond donors (Lipinski definition) is 2. The third kappa shape index (κ3) is 3.62. The number of nitrogens with one attached hydrogen (secondary N) is 1. The molecule has 0 aliphatic heterocycles. The average Bonchev–Trinajstić information content (AvgIpc) is 2.46. The van der Waals surface area contributed by atoms with Crippen molar-refractivity contribution < 1.29 is 9.47 Å². The van der Waals surface area contributed by atoms with Crippen LogP contribution in [0.15, 0.2) is 18.2 Å². The Morgan fingerprint density at radius 3 is 2.14 bits per heavy atom. The molecule has 1 heterocycles. The molecule has 1 aromatic heterocycles. The van der Waals surface area contributed by atoms with Gasteiger partial charge in [0.2, 0.25) is 17.8 Å². The summed E-state index contributed by atoms with van der Waals surface area (Å²) in [6.45, 7) is 0. The fourth-order valence-corrected chi connectivity index (χ4v) is 1.65. The number of ether oxygens (including phenoxy) is 2. The van der Waals surface area contributed by atoms with E-state index in [0.29, 0.717) is 23.4 Å². The molecule has 0 radical (unpaired) electrons. The third-order valence-corrected chi connectivity index (χ3v) is 2.65. The number of nitrogen functional groups attached to an aromatic ring is 1. The van der Waals surface area contributed by atoms with Gasteiger partial charge in [0.15, 0.2) is 0 Å². The topological polar surface area (TPSA) is 98.4 Å². The van der Waals surface area contributed by atoms with E-state index in [4.69, 9.17) is 15.2 Å². The van der Waals surface area contributed by atoms with Crippen molar-refractivity contribution in [2.45, 2.75) is 0 Å². The zero-order chi connectivity index (χ0) is 15.4. The largest absolute Gasteiger partial charge is 0.497 e. The molecule has 0 spiro atoms. The Kier molecular flexibility index (Phi) is 4.27. The molecule has 2 rings (SSSR count). The Bertz CT molecular complexity index is 610. The Hall–Kier alpha value is -2.77. The highest BCUT2D eigenvalue weighted by molar-refractivity contribution is 5.60. The van der Waals surface area contributed by atoms with Gasteiger partial charge in [0.05, 0.1) is 14.2 Å². The molecule has 0 aliphatic carbocycles. The predicted molar refractivity (Wildman–Crippen MR) is 81.4 cm³/mol. The molecule has 0 aliphatic rings. The molecule has 21 heavy (non-hydrogen) atoms. The van der Waals surface area contributed by atoms with Crippen LogP contribution in [0.2, 0.25) is 0 Å². The van der Waals surface area contributed by atoms with Crippen molar-refractivity contribution in [2.75, 3.05) is 44.3 Å². The molecule has 0 atom stereocenters. The Labute approximate surface area is 122 Å². The molecule has 112 valence electrons. The summed E-state index contributed by atoms with van der Waals surface area (Å²) in [4.78, 5) is 14.1. The van der Waals surface area contributed by atoms with Crippen LogP contribution in [0.25, 0.3) is 0 Å². The molecule has 0 fully saturated rings. The number of anilines is 4. The first-order valence-electron chi connectivity index (χ1n) is 6.21. The number of benzene rings is 1. The molecule has 0 unspecified atom stereocenters. The van der Waals surface area contributed by atoms with Crippen LogP contribution in [-0.4, -0.2) is 43.3 Å². The van der Waals surface area contributed by atoms with Crippen LogP contribution in [0.1, 0.15) is 0 Å². The van der Waals surface area contributed by atoms with Gasteiger partial charge >= 0.3 is 0 Å². The molecule has 1 aromatic carbocycles. The maximum atomic E-state index is 5.68. The van der Waals surface area contributed by atoms with E-state index < -0.39 is 0 Å². The molecular formula is C13H18N6O2. The Morgan fingerprint density at radius 2 is 1.62 bits per heavy atom. The summed E-state index contributed by atoms with van der Waals surface area (Å²) in [6, 6.07) is 5.38. The highest BCUT2D eigenvalue weighted by Gasteiger charge is 2.08. The van der Waals surface area contributed by atoms with E-state index in [1.807, 2.05) is 14.1 Å². The average molecular weight is 290 g/mol. The highest BCUT2D eigenvalue weighted by Crippen LogP contribution is 2.27. The molecule has 0 bridgehead atoms. The molecular weight excluding hydrogens is 272 g/mol. The standard InChI is InChI=1S/C13H18N6O2/c1-19(2)13-17-11(14)16-12(18-13)15-8-5-9(20-3)7-10(6-8)21-4/h5-7H,1-4H3,(H3,14,15,16,17,18). The SMILES string of the molecule is COc1cc(Nc2nc(N)nc(N(C)C)n2)cc(OC)c1. The maximum Gasteiger partial charge on any atom is 0.233 e. The van der Waals surface area contributed by atoms with Crippen LogP contribution in [0, 0.1) is 0 Å².